The summed E-state index contributed by atoms with van der Waals surface area (Å²) in [6.45, 7) is 2.12. The third kappa shape index (κ3) is 3.92. The van der Waals surface area contributed by atoms with Crippen LogP contribution in [0.2, 0.25) is 0 Å². The number of rotatable bonds is 7. The summed E-state index contributed by atoms with van der Waals surface area (Å²) >= 11 is 0. The molecule has 1 heterocycles. The minimum Gasteiger partial charge on any atom is -0.463 e. The molecule has 0 aliphatic carbocycles. The van der Waals surface area contributed by atoms with E-state index in [1.54, 1.807) is 19.2 Å². The van der Waals surface area contributed by atoms with Crippen molar-refractivity contribution in [2.24, 2.45) is 0 Å². The first-order valence-corrected chi connectivity index (χ1v) is 10.3. The van der Waals surface area contributed by atoms with Gasteiger partial charge in [-0.3, -0.25) is 0 Å². The molecule has 4 aromatic rings. The Morgan fingerprint density at radius 3 is 1.81 bits per heavy atom. The van der Waals surface area contributed by atoms with Crippen LogP contribution in [0.15, 0.2) is 109 Å². The Kier molecular flexibility index (Phi) is 6.08. The molecule has 0 fully saturated rings. The van der Waals surface area contributed by atoms with Gasteiger partial charge >= 0.3 is 5.97 Å². The van der Waals surface area contributed by atoms with E-state index in [2.05, 4.69) is 45.9 Å². The third-order valence-corrected chi connectivity index (χ3v) is 5.26. The molecule has 31 heavy (non-hydrogen) atoms. The van der Waals surface area contributed by atoms with Crippen LogP contribution in [0.3, 0.4) is 0 Å². The molecule has 0 spiro atoms. The zero-order valence-electron chi connectivity index (χ0n) is 17.4. The molecule has 4 rings (SSSR count). The number of aromatic nitrogens is 2. The second-order valence-electron chi connectivity index (χ2n) is 7.05. The smallest absolute Gasteiger partial charge is 0.330 e. The van der Waals surface area contributed by atoms with Crippen molar-refractivity contribution in [1.29, 1.82) is 0 Å². The number of benzene rings is 3. The van der Waals surface area contributed by atoms with Crippen molar-refractivity contribution >= 4 is 12.0 Å². The van der Waals surface area contributed by atoms with Crippen LogP contribution < -0.4 is 0 Å². The fourth-order valence-corrected chi connectivity index (χ4v) is 4.01. The van der Waals surface area contributed by atoms with Crippen LogP contribution in [-0.2, 0) is 15.1 Å². The Balaban J connectivity index is 2.01. The van der Waals surface area contributed by atoms with Crippen molar-refractivity contribution in [2.45, 2.75) is 12.5 Å². The fourth-order valence-electron chi connectivity index (χ4n) is 4.01. The standard InChI is InChI=1S/C27H24N2O2/c1-2-31-26(30)19-18-25-28-20-21-29(25)27(22-12-6-3-7-13-22,23-14-8-4-9-15-23)24-16-10-5-11-17-24/h3-21H,2H2,1H3/b19-18+. The lowest BCUT2D eigenvalue weighted by atomic mass is 9.76. The van der Waals surface area contributed by atoms with Gasteiger partial charge in [-0.2, -0.15) is 0 Å². The summed E-state index contributed by atoms with van der Waals surface area (Å²) in [5.74, 6) is 0.270. The van der Waals surface area contributed by atoms with Crippen LogP contribution in [0, 0.1) is 0 Å². The average Bonchev–Trinajstić information content (AvgIpc) is 3.30. The van der Waals surface area contributed by atoms with E-state index < -0.39 is 5.54 Å². The van der Waals surface area contributed by atoms with E-state index in [1.807, 2.05) is 60.8 Å². The molecular weight excluding hydrogens is 384 g/mol. The monoisotopic (exact) mass is 408 g/mol. The molecule has 0 aliphatic rings. The molecule has 0 unspecified atom stereocenters. The Labute approximate surface area is 182 Å². The van der Waals surface area contributed by atoms with Crippen molar-refractivity contribution in [3.05, 3.63) is 132 Å². The van der Waals surface area contributed by atoms with E-state index in [0.717, 1.165) is 16.7 Å². The van der Waals surface area contributed by atoms with Crippen molar-refractivity contribution in [1.82, 2.24) is 9.55 Å². The predicted molar refractivity (Wildman–Crippen MR) is 123 cm³/mol. The Bertz CT molecular complexity index is 1050. The largest absolute Gasteiger partial charge is 0.463 e. The number of carbonyl (C=O) groups is 1. The highest BCUT2D eigenvalue weighted by Crippen LogP contribution is 2.41. The molecule has 0 bridgehead atoms. The van der Waals surface area contributed by atoms with Gasteiger partial charge < -0.3 is 9.30 Å². The van der Waals surface area contributed by atoms with Gasteiger partial charge in [-0.15, -0.1) is 0 Å². The van der Waals surface area contributed by atoms with Crippen LogP contribution in [0.25, 0.3) is 6.08 Å². The highest BCUT2D eigenvalue weighted by molar-refractivity contribution is 5.86. The molecule has 0 saturated carbocycles. The normalized spacial score (nSPS) is 11.5. The second-order valence-corrected chi connectivity index (χ2v) is 7.05. The summed E-state index contributed by atoms with van der Waals surface area (Å²) < 4.78 is 7.17. The summed E-state index contributed by atoms with van der Waals surface area (Å²) in [4.78, 5) is 16.5. The first kappa shape index (κ1) is 20.4. The maximum absolute atomic E-state index is 12.0. The van der Waals surface area contributed by atoms with Crippen LogP contribution in [0.1, 0.15) is 29.4 Å². The molecule has 1 aromatic heterocycles. The van der Waals surface area contributed by atoms with Gasteiger partial charge in [-0.1, -0.05) is 91.0 Å². The molecular formula is C27H24N2O2. The van der Waals surface area contributed by atoms with Gasteiger partial charge in [0.15, 0.2) is 0 Å². The lowest BCUT2D eigenvalue weighted by Crippen LogP contribution is -2.38. The summed E-state index contributed by atoms with van der Waals surface area (Å²) in [6, 6.07) is 31.0. The van der Waals surface area contributed by atoms with E-state index in [9.17, 15) is 4.79 Å². The van der Waals surface area contributed by atoms with Gasteiger partial charge in [0.1, 0.15) is 11.4 Å². The molecule has 0 N–H and O–H groups in total. The van der Waals surface area contributed by atoms with Crippen LogP contribution in [0.4, 0.5) is 0 Å². The molecule has 0 aliphatic heterocycles. The molecule has 4 heteroatoms. The zero-order valence-corrected chi connectivity index (χ0v) is 17.4. The molecule has 0 amide bonds. The summed E-state index contributed by atoms with van der Waals surface area (Å²) in [7, 11) is 0. The van der Waals surface area contributed by atoms with Gasteiger partial charge in [0.25, 0.3) is 0 Å². The molecule has 0 saturated heterocycles. The molecule has 154 valence electrons. The van der Waals surface area contributed by atoms with Crippen molar-refractivity contribution in [2.75, 3.05) is 6.61 Å². The number of imidazole rings is 1. The Morgan fingerprint density at radius 1 is 0.871 bits per heavy atom. The summed E-state index contributed by atoms with van der Waals surface area (Å²) in [5, 5.41) is 0. The highest BCUT2D eigenvalue weighted by atomic mass is 16.5. The van der Waals surface area contributed by atoms with E-state index >= 15 is 0 Å². The van der Waals surface area contributed by atoms with Crippen LogP contribution in [-0.4, -0.2) is 22.1 Å². The van der Waals surface area contributed by atoms with Crippen molar-refractivity contribution in [3.8, 4) is 0 Å². The Morgan fingerprint density at radius 2 is 1.35 bits per heavy atom. The number of esters is 1. The maximum atomic E-state index is 12.0. The maximum Gasteiger partial charge on any atom is 0.330 e. The molecule has 0 atom stereocenters. The van der Waals surface area contributed by atoms with E-state index in [4.69, 9.17) is 4.74 Å². The van der Waals surface area contributed by atoms with E-state index in [1.165, 1.54) is 6.08 Å². The fraction of sp³-hybridized carbons (Fsp3) is 0.111. The number of carbonyl (C=O) groups excluding carboxylic acids is 1. The molecule has 3 aromatic carbocycles. The minimum atomic E-state index is -0.672. The third-order valence-electron chi connectivity index (χ3n) is 5.26. The summed E-state index contributed by atoms with van der Waals surface area (Å²) in [6.07, 6.45) is 6.85. The second kappa shape index (κ2) is 9.26. The van der Waals surface area contributed by atoms with E-state index in [0.29, 0.717) is 12.4 Å². The topological polar surface area (TPSA) is 44.1 Å². The Hall–Kier alpha value is -3.92. The van der Waals surface area contributed by atoms with E-state index in [-0.39, 0.29) is 5.97 Å². The zero-order chi connectivity index (χ0) is 21.5. The number of hydrogen-bond donors (Lipinski definition) is 0. The predicted octanol–water partition coefficient (Wildman–Crippen LogP) is 5.30. The average molecular weight is 409 g/mol. The molecule has 0 radical (unpaired) electrons. The first-order valence-electron chi connectivity index (χ1n) is 10.3. The van der Waals surface area contributed by atoms with Gasteiger partial charge in [0.05, 0.1) is 6.61 Å². The first-order chi connectivity index (χ1) is 15.3. The van der Waals surface area contributed by atoms with Crippen LogP contribution >= 0.6 is 0 Å². The van der Waals surface area contributed by atoms with Crippen molar-refractivity contribution < 1.29 is 9.53 Å². The number of ether oxygens (including phenoxy) is 1. The lowest BCUT2D eigenvalue weighted by Gasteiger charge is -2.38. The minimum absolute atomic E-state index is 0.333. The van der Waals surface area contributed by atoms with Gasteiger partial charge in [0.2, 0.25) is 0 Å². The molecule has 4 nitrogen and oxygen atoms in total. The number of nitrogens with zero attached hydrogens (tertiary/aromatic N) is 2. The van der Waals surface area contributed by atoms with Gasteiger partial charge in [-0.05, 0) is 29.7 Å². The van der Waals surface area contributed by atoms with Crippen molar-refractivity contribution in [3.63, 3.8) is 0 Å². The highest BCUT2D eigenvalue weighted by Gasteiger charge is 2.39. The van der Waals surface area contributed by atoms with Gasteiger partial charge in [0, 0.05) is 18.5 Å². The number of hydrogen-bond acceptors (Lipinski definition) is 3. The van der Waals surface area contributed by atoms with Crippen LogP contribution in [0.5, 0.6) is 0 Å². The summed E-state index contributed by atoms with van der Waals surface area (Å²) in [5.41, 5.74) is 2.61. The lowest BCUT2D eigenvalue weighted by molar-refractivity contribution is -0.137. The SMILES string of the molecule is CCOC(=O)/C=C/c1nccn1C(c1ccccc1)(c1ccccc1)c1ccccc1. The van der Waals surface area contributed by atoms with Gasteiger partial charge in [-0.25, -0.2) is 9.78 Å². The quantitative estimate of drug-likeness (QED) is 0.237.